The van der Waals surface area contributed by atoms with Crippen molar-refractivity contribution < 1.29 is 0 Å². The number of rotatable bonds is 1. The summed E-state index contributed by atoms with van der Waals surface area (Å²) in [7, 11) is 0. The first-order valence-corrected chi connectivity index (χ1v) is 3.62. The number of hydrogen-bond donors (Lipinski definition) is 0. The molecule has 0 unspecified atom stereocenters. The molecule has 0 aromatic heterocycles. The average molecular weight is 127 g/mol. The van der Waals surface area contributed by atoms with Crippen molar-refractivity contribution in [3.8, 4) is 0 Å². The molecule has 0 saturated heterocycles. The van der Waals surface area contributed by atoms with Crippen LogP contribution in [-0.4, -0.2) is 0 Å². The SMILES string of the molecule is C[CH]C(C)(C)C(C)(C)C. The summed E-state index contributed by atoms with van der Waals surface area (Å²) in [5.74, 6) is 0. The van der Waals surface area contributed by atoms with E-state index < -0.39 is 0 Å². The Morgan fingerprint density at radius 1 is 0.889 bits per heavy atom. The molecule has 0 aliphatic heterocycles. The van der Waals surface area contributed by atoms with Crippen LogP contribution in [0.1, 0.15) is 41.5 Å². The summed E-state index contributed by atoms with van der Waals surface area (Å²) in [6.45, 7) is 13.5. The smallest absolute Gasteiger partial charge is 0.0277 e. The molecule has 0 nitrogen and oxygen atoms in total. The lowest BCUT2D eigenvalue weighted by Gasteiger charge is -2.37. The predicted molar refractivity (Wildman–Crippen MR) is 43.2 cm³/mol. The fourth-order valence-corrected chi connectivity index (χ4v) is 0.433. The van der Waals surface area contributed by atoms with Gasteiger partial charge in [-0.1, -0.05) is 41.5 Å². The van der Waals surface area contributed by atoms with Gasteiger partial charge in [-0.05, 0) is 17.3 Å². The molecule has 1 radical (unpaired) electrons. The molecular weight excluding hydrogens is 108 g/mol. The Morgan fingerprint density at radius 2 is 1.22 bits per heavy atom. The third-order valence-corrected chi connectivity index (χ3v) is 2.65. The Labute approximate surface area is 59.7 Å². The largest absolute Gasteiger partial charge is 0.0617 e. The molecule has 0 bridgehead atoms. The fourth-order valence-electron chi connectivity index (χ4n) is 0.433. The lowest BCUT2D eigenvalue weighted by atomic mass is 9.68. The molecule has 55 valence electrons. The van der Waals surface area contributed by atoms with Crippen LogP contribution in [0.15, 0.2) is 0 Å². The molecule has 0 aliphatic rings. The minimum atomic E-state index is 0.354. The van der Waals surface area contributed by atoms with Crippen LogP contribution in [0, 0.1) is 17.3 Å². The molecule has 0 aliphatic carbocycles. The number of hydrogen-bond acceptors (Lipinski definition) is 0. The van der Waals surface area contributed by atoms with Crippen molar-refractivity contribution in [2.45, 2.75) is 41.5 Å². The molecule has 0 atom stereocenters. The van der Waals surface area contributed by atoms with E-state index in [1.807, 2.05) is 0 Å². The van der Waals surface area contributed by atoms with Crippen LogP contribution in [0.5, 0.6) is 0 Å². The van der Waals surface area contributed by atoms with Crippen LogP contribution in [0.3, 0.4) is 0 Å². The summed E-state index contributed by atoms with van der Waals surface area (Å²) >= 11 is 0. The van der Waals surface area contributed by atoms with Crippen molar-refractivity contribution in [1.82, 2.24) is 0 Å². The predicted octanol–water partition coefficient (Wildman–Crippen LogP) is 3.28. The van der Waals surface area contributed by atoms with Crippen LogP contribution >= 0.6 is 0 Å². The Bertz CT molecular complexity index is 82.7. The first-order valence-electron chi connectivity index (χ1n) is 3.62. The van der Waals surface area contributed by atoms with E-state index in [2.05, 4.69) is 48.0 Å². The molecule has 0 spiro atoms. The maximum Gasteiger partial charge on any atom is -0.0277 e. The van der Waals surface area contributed by atoms with E-state index in [0.717, 1.165) is 0 Å². The summed E-state index contributed by atoms with van der Waals surface area (Å²) in [5.41, 5.74) is 0.745. The highest BCUT2D eigenvalue weighted by Gasteiger charge is 2.30. The standard InChI is InChI=1S/C9H19/c1-7-9(5,6)8(2,3)4/h7H,1-6H3. The van der Waals surface area contributed by atoms with E-state index in [0.29, 0.717) is 10.8 Å². The van der Waals surface area contributed by atoms with Crippen molar-refractivity contribution in [1.29, 1.82) is 0 Å². The van der Waals surface area contributed by atoms with Gasteiger partial charge in [-0.2, -0.15) is 0 Å². The van der Waals surface area contributed by atoms with Gasteiger partial charge in [0.25, 0.3) is 0 Å². The molecule has 0 amide bonds. The Balaban J connectivity index is 4.14. The van der Waals surface area contributed by atoms with Gasteiger partial charge in [-0.3, -0.25) is 0 Å². The second kappa shape index (κ2) is 2.32. The Hall–Kier alpha value is 0. The van der Waals surface area contributed by atoms with Crippen LogP contribution in [0.4, 0.5) is 0 Å². The van der Waals surface area contributed by atoms with Crippen molar-refractivity contribution in [3.63, 3.8) is 0 Å². The first kappa shape index (κ1) is 9.00. The molecule has 0 aromatic carbocycles. The van der Waals surface area contributed by atoms with Gasteiger partial charge in [-0.15, -0.1) is 0 Å². The zero-order valence-corrected chi connectivity index (χ0v) is 7.58. The minimum absolute atomic E-state index is 0.354. The summed E-state index contributed by atoms with van der Waals surface area (Å²) in [6, 6.07) is 0. The van der Waals surface area contributed by atoms with Crippen LogP contribution in [-0.2, 0) is 0 Å². The van der Waals surface area contributed by atoms with E-state index in [-0.39, 0.29) is 0 Å². The van der Waals surface area contributed by atoms with Crippen molar-refractivity contribution in [2.24, 2.45) is 10.8 Å². The van der Waals surface area contributed by atoms with Gasteiger partial charge in [0.1, 0.15) is 0 Å². The molecule has 0 aromatic rings. The summed E-state index contributed by atoms with van der Waals surface area (Å²) < 4.78 is 0. The van der Waals surface area contributed by atoms with Gasteiger partial charge in [-0.25, -0.2) is 0 Å². The average Bonchev–Trinajstić information content (AvgIpc) is 1.64. The molecule has 0 heteroatoms. The molecule has 0 saturated carbocycles. The van der Waals surface area contributed by atoms with E-state index in [4.69, 9.17) is 0 Å². The lowest BCUT2D eigenvalue weighted by Crippen LogP contribution is -2.28. The maximum absolute atomic E-state index is 2.27. The van der Waals surface area contributed by atoms with Crippen molar-refractivity contribution in [2.75, 3.05) is 0 Å². The minimum Gasteiger partial charge on any atom is -0.0617 e. The normalized spacial score (nSPS) is 14.0. The molecule has 0 fully saturated rings. The van der Waals surface area contributed by atoms with E-state index in [9.17, 15) is 0 Å². The Morgan fingerprint density at radius 3 is 1.22 bits per heavy atom. The highest BCUT2D eigenvalue weighted by atomic mass is 14.3. The van der Waals surface area contributed by atoms with Gasteiger partial charge in [0.05, 0.1) is 0 Å². The second-order valence-electron chi connectivity index (χ2n) is 4.26. The third-order valence-electron chi connectivity index (χ3n) is 2.65. The lowest BCUT2D eigenvalue weighted by molar-refractivity contribution is 0.173. The van der Waals surface area contributed by atoms with Crippen LogP contribution < -0.4 is 0 Å². The highest BCUT2D eigenvalue weighted by molar-refractivity contribution is 4.90. The molecule has 0 heterocycles. The summed E-state index contributed by atoms with van der Waals surface area (Å²) in [6.07, 6.45) is 2.27. The molecular formula is C9H19. The maximum atomic E-state index is 2.27. The van der Waals surface area contributed by atoms with Crippen LogP contribution in [0.2, 0.25) is 0 Å². The second-order valence-corrected chi connectivity index (χ2v) is 4.26. The zero-order chi connectivity index (χ0) is 7.71. The van der Waals surface area contributed by atoms with Gasteiger partial charge in [0.15, 0.2) is 0 Å². The topological polar surface area (TPSA) is 0 Å². The van der Waals surface area contributed by atoms with E-state index in [1.165, 1.54) is 0 Å². The molecule has 0 N–H and O–H groups in total. The monoisotopic (exact) mass is 127 g/mol. The highest BCUT2D eigenvalue weighted by Crippen LogP contribution is 2.39. The van der Waals surface area contributed by atoms with Gasteiger partial charge in [0, 0.05) is 0 Å². The van der Waals surface area contributed by atoms with Crippen molar-refractivity contribution in [3.05, 3.63) is 6.42 Å². The first-order chi connectivity index (χ1) is 3.81. The summed E-state index contributed by atoms with van der Waals surface area (Å²) in [4.78, 5) is 0. The quantitative estimate of drug-likeness (QED) is 0.507. The van der Waals surface area contributed by atoms with Gasteiger partial charge in [0.2, 0.25) is 0 Å². The summed E-state index contributed by atoms with van der Waals surface area (Å²) in [5, 5.41) is 0. The van der Waals surface area contributed by atoms with Crippen molar-refractivity contribution >= 4 is 0 Å². The fraction of sp³-hybridized carbons (Fsp3) is 0.889. The third kappa shape index (κ3) is 2.00. The van der Waals surface area contributed by atoms with E-state index >= 15 is 0 Å². The Kier molecular flexibility index (Phi) is 2.32. The van der Waals surface area contributed by atoms with Gasteiger partial charge >= 0.3 is 0 Å². The zero-order valence-electron chi connectivity index (χ0n) is 7.58. The van der Waals surface area contributed by atoms with Gasteiger partial charge < -0.3 is 0 Å². The molecule has 0 rings (SSSR count). The van der Waals surface area contributed by atoms with Crippen LogP contribution in [0.25, 0.3) is 0 Å². The molecule has 9 heavy (non-hydrogen) atoms. The van der Waals surface area contributed by atoms with E-state index in [1.54, 1.807) is 0 Å².